The first kappa shape index (κ1) is 30.2. The molecule has 200 valence electrons. The Bertz CT molecular complexity index is 1020. The van der Waals surface area contributed by atoms with Crippen molar-refractivity contribution in [2.75, 3.05) is 24.6 Å². The standard InChI is InChI=1S/C20H33ClN10O5/c1-19(2,3)35-17(33)30-16(31-18(34)36-20(4,5)6)26-9-7-8-25-15(24)29-14(32)10-12(22)28-13(23)11(21)27-10/h7-9H2,1-6H3,(H4,22,23,28)(H3,24,25,29,32)(H2,26,30,31,33,34). The van der Waals surface area contributed by atoms with Gasteiger partial charge in [0.25, 0.3) is 5.91 Å². The number of hydrogen-bond donors (Lipinski definition) is 7. The first-order chi connectivity index (χ1) is 16.5. The number of hydrogen-bond acceptors (Lipinski definition) is 10. The van der Waals surface area contributed by atoms with Gasteiger partial charge in [0.05, 0.1) is 0 Å². The molecule has 9 N–H and O–H groups in total. The summed E-state index contributed by atoms with van der Waals surface area (Å²) >= 11 is 5.75. The van der Waals surface area contributed by atoms with Crippen molar-refractivity contribution in [2.24, 2.45) is 4.99 Å². The summed E-state index contributed by atoms with van der Waals surface area (Å²) in [4.78, 5) is 47.5. The molecule has 3 amide bonds. The maximum atomic E-state index is 12.2. The third-order valence-electron chi connectivity index (χ3n) is 3.52. The highest BCUT2D eigenvalue weighted by molar-refractivity contribution is 6.31. The van der Waals surface area contributed by atoms with Crippen LogP contribution in [0.25, 0.3) is 0 Å². The number of nitrogen functional groups attached to an aromatic ring is 2. The Hall–Kier alpha value is -3.88. The normalized spacial score (nSPS) is 11.8. The van der Waals surface area contributed by atoms with E-state index < -0.39 is 29.3 Å². The van der Waals surface area contributed by atoms with Crippen LogP contribution in [0.3, 0.4) is 0 Å². The van der Waals surface area contributed by atoms with Gasteiger partial charge >= 0.3 is 12.2 Å². The number of guanidine groups is 2. The van der Waals surface area contributed by atoms with Gasteiger partial charge in [0.1, 0.15) is 11.2 Å². The van der Waals surface area contributed by atoms with E-state index in [2.05, 4.69) is 36.2 Å². The summed E-state index contributed by atoms with van der Waals surface area (Å²) in [5.74, 6) is -1.66. The third kappa shape index (κ3) is 12.0. The number of anilines is 2. The molecule has 0 saturated carbocycles. The van der Waals surface area contributed by atoms with Gasteiger partial charge in [0.15, 0.2) is 28.4 Å². The molecule has 16 heteroatoms. The Morgan fingerprint density at radius 2 is 1.53 bits per heavy atom. The van der Waals surface area contributed by atoms with Crippen molar-refractivity contribution in [3.8, 4) is 0 Å². The molecular formula is C20H33ClN10O5. The number of aromatic nitrogens is 2. The second-order valence-electron chi connectivity index (χ2n) is 9.24. The molecular weight excluding hydrogens is 496 g/mol. The van der Waals surface area contributed by atoms with E-state index in [0.717, 1.165) is 0 Å². The van der Waals surface area contributed by atoms with Crippen LogP contribution in [0.2, 0.25) is 5.15 Å². The molecule has 0 aromatic carbocycles. The van der Waals surface area contributed by atoms with Gasteiger partial charge in [-0.1, -0.05) is 11.6 Å². The molecule has 0 fully saturated rings. The largest absolute Gasteiger partial charge is 0.444 e. The Kier molecular flexibility index (Phi) is 10.6. The summed E-state index contributed by atoms with van der Waals surface area (Å²) in [5.41, 5.74) is 9.27. The van der Waals surface area contributed by atoms with Crippen LogP contribution in [-0.4, -0.2) is 64.3 Å². The van der Waals surface area contributed by atoms with Crippen LogP contribution < -0.4 is 32.7 Å². The number of nitrogens with one attached hydrogen (secondary N) is 5. The number of nitrogens with two attached hydrogens (primary N) is 2. The van der Waals surface area contributed by atoms with E-state index >= 15 is 0 Å². The van der Waals surface area contributed by atoms with Crippen LogP contribution in [0.1, 0.15) is 58.5 Å². The van der Waals surface area contributed by atoms with Crippen LogP contribution in [-0.2, 0) is 9.47 Å². The predicted octanol–water partition coefficient (Wildman–Crippen LogP) is 1.34. The zero-order valence-corrected chi connectivity index (χ0v) is 21.8. The molecule has 0 saturated heterocycles. The Balaban J connectivity index is 2.61. The fourth-order valence-electron chi connectivity index (χ4n) is 2.22. The second kappa shape index (κ2) is 12.7. The summed E-state index contributed by atoms with van der Waals surface area (Å²) in [6.07, 6.45) is -1.34. The minimum atomic E-state index is -0.909. The molecule has 1 heterocycles. The van der Waals surface area contributed by atoms with Gasteiger partial charge in [-0.15, -0.1) is 4.99 Å². The van der Waals surface area contributed by atoms with Crippen molar-refractivity contribution in [2.45, 2.75) is 59.2 Å². The van der Waals surface area contributed by atoms with Crippen molar-refractivity contribution < 1.29 is 23.9 Å². The molecule has 0 bridgehead atoms. The van der Waals surface area contributed by atoms with E-state index in [0.29, 0.717) is 6.42 Å². The third-order valence-corrected chi connectivity index (χ3v) is 3.80. The van der Waals surface area contributed by atoms with Gasteiger partial charge in [-0.3, -0.25) is 20.8 Å². The van der Waals surface area contributed by atoms with E-state index in [4.69, 9.17) is 38.0 Å². The van der Waals surface area contributed by atoms with Crippen molar-refractivity contribution in [3.63, 3.8) is 0 Å². The first-order valence-corrected chi connectivity index (χ1v) is 11.1. The molecule has 0 radical (unpaired) electrons. The van der Waals surface area contributed by atoms with Crippen LogP contribution in [0, 0.1) is 5.41 Å². The number of amides is 3. The zero-order chi connectivity index (χ0) is 27.7. The SMILES string of the molecule is CC(C)(C)OC(=O)/N=C(\NCCCNC(=N)NC(=O)c1nc(Cl)c(N)nc1N)NC(=O)OC(C)(C)C. The maximum absolute atomic E-state index is 12.2. The Morgan fingerprint density at radius 3 is 2.11 bits per heavy atom. The first-order valence-electron chi connectivity index (χ1n) is 10.7. The summed E-state index contributed by atoms with van der Waals surface area (Å²) in [7, 11) is 0. The molecule has 0 unspecified atom stereocenters. The molecule has 1 aromatic rings. The monoisotopic (exact) mass is 528 g/mol. The van der Waals surface area contributed by atoms with Crippen LogP contribution in [0.15, 0.2) is 4.99 Å². The number of carbonyl (C=O) groups excluding carboxylic acids is 3. The number of aliphatic imine (C=N–C) groups is 1. The topological polar surface area (TPSA) is 232 Å². The van der Waals surface area contributed by atoms with Crippen LogP contribution in [0.4, 0.5) is 21.2 Å². The minimum Gasteiger partial charge on any atom is -0.444 e. The van der Waals surface area contributed by atoms with Crippen LogP contribution in [0.5, 0.6) is 0 Å². The fraction of sp³-hybridized carbons (Fsp3) is 0.550. The minimum absolute atomic E-state index is 0.123. The average molecular weight is 529 g/mol. The Labute approximate surface area is 213 Å². The van der Waals surface area contributed by atoms with Crippen LogP contribution >= 0.6 is 11.6 Å². The quantitative estimate of drug-likeness (QED) is 0.163. The molecule has 0 spiro atoms. The average Bonchev–Trinajstić information content (AvgIpc) is 2.67. The highest BCUT2D eigenvalue weighted by Crippen LogP contribution is 2.17. The number of alkyl carbamates (subject to hydrolysis) is 1. The summed E-state index contributed by atoms with van der Waals surface area (Å²) in [5, 5.41) is 17.7. The van der Waals surface area contributed by atoms with Crippen molar-refractivity contribution >= 4 is 53.2 Å². The van der Waals surface area contributed by atoms with Gasteiger partial charge in [0, 0.05) is 13.1 Å². The van der Waals surface area contributed by atoms with Crippen molar-refractivity contribution in [3.05, 3.63) is 10.8 Å². The van der Waals surface area contributed by atoms with E-state index in [9.17, 15) is 14.4 Å². The number of ether oxygens (including phenoxy) is 2. The summed E-state index contributed by atoms with van der Waals surface area (Å²) in [6, 6.07) is 0. The lowest BCUT2D eigenvalue weighted by Crippen LogP contribution is -2.45. The van der Waals surface area contributed by atoms with Crippen molar-refractivity contribution in [1.29, 1.82) is 5.41 Å². The zero-order valence-electron chi connectivity index (χ0n) is 21.0. The molecule has 0 atom stereocenters. The van der Waals surface area contributed by atoms with E-state index in [-0.39, 0.29) is 47.5 Å². The lowest BCUT2D eigenvalue weighted by Gasteiger charge is -2.21. The number of halogens is 1. The highest BCUT2D eigenvalue weighted by atomic mass is 35.5. The lowest BCUT2D eigenvalue weighted by molar-refractivity contribution is 0.0560. The van der Waals surface area contributed by atoms with Gasteiger partial charge in [0.2, 0.25) is 5.96 Å². The van der Waals surface area contributed by atoms with Gasteiger partial charge in [-0.2, -0.15) is 0 Å². The molecule has 1 aromatic heterocycles. The van der Waals surface area contributed by atoms with Gasteiger partial charge < -0.3 is 31.6 Å². The molecule has 0 aliphatic heterocycles. The summed E-state index contributed by atoms with van der Waals surface area (Å²) in [6.45, 7) is 10.5. The maximum Gasteiger partial charge on any atom is 0.437 e. The van der Waals surface area contributed by atoms with Gasteiger partial charge in [-0.25, -0.2) is 19.6 Å². The molecule has 15 nitrogen and oxygen atoms in total. The lowest BCUT2D eigenvalue weighted by atomic mass is 10.2. The van der Waals surface area contributed by atoms with E-state index in [1.165, 1.54) is 0 Å². The smallest absolute Gasteiger partial charge is 0.437 e. The Morgan fingerprint density at radius 1 is 0.944 bits per heavy atom. The highest BCUT2D eigenvalue weighted by Gasteiger charge is 2.20. The fourth-order valence-corrected chi connectivity index (χ4v) is 2.35. The predicted molar refractivity (Wildman–Crippen MR) is 135 cm³/mol. The van der Waals surface area contributed by atoms with Gasteiger partial charge in [-0.05, 0) is 48.0 Å². The molecule has 36 heavy (non-hydrogen) atoms. The molecule has 0 aliphatic rings. The van der Waals surface area contributed by atoms with Crippen molar-refractivity contribution in [1.82, 2.24) is 31.2 Å². The second-order valence-corrected chi connectivity index (χ2v) is 9.60. The van der Waals surface area contributed by atoms with E-state index in [1.54, 1.807) is 41.5 Å². The number of nitrogens with zero attached hydrogens (tertiary/aromatic N) is 3. The summed E-state index contributed by atoms with van der Waals surface area (Å²) < 4.78 is 10.3. The number of rotatable bonds is 5. The number of carbonyl (C=O) groups is 3. The molecule has 1 rings (SSSR count). The molecule has 0 aliphatic carbocycles. The van der Waals surface area contributed by atoms with E-state index in [1.807, 2.05) is 0 Å².